The summed E-state index contributed by atoms with van der Waals surface area (Å²) >= 11 is 0. The SMILES string of the molecule is CCCC1CC1NC(=NCCCOCC(C)C)NCC. The van der Waals surface area contributed by atoms with Crippen LogP contribution in [-0.4, -0.2) is 38.3 Å². The van der Waals surface area contributed by atoms with Crippen molar-refractivity contribution in [2.75, 3.05) is 26.3 Å². The van der Waals surface area contributed by atoms with Gasteiger partial charge < -0.3 is 15.4 Å². The van der Waals surface area contributed by atoms with Crippen LogP contribution in [0.15, 0.2) is 4.99 Å². The standard InChI is InChI=1S/C16H33N3O/c1-5-8-14-11-15(14)19-16(17-6-2)18-9-7-10-20-12-13(3)4/h13-15H,5-12H2,1-4H3,(H2,17,18,19). The molecule has 4 nitrogen and oxygen atoms in total. The number of aliphatic imine (C=N–C) groups is 1. The molecule has 2 unspecified atom stereocenters. The first kappa shape index (κ1) is 17.3. The Morgan fingerprint density at radius 3 is 2.80 bits per heavy atom. The lowest BCUT2D eigenvalue weighted by atomic mass is 10.2. The minimum atomic E-state index is 0.614. The summed E-state index contributed by atoms with van der Waals surface area (Å²) in [5, 5.41) is 6.86. The first-order chi connectivity index (χ1) is 9.67. The summed E-state index contributed by atoms with van der Waals surface area (Å²) < 4.78 is 5.57. The van der Waals surface area contributed by atoms with Crippen LogP contribution in [0.2, 0.25) is 0 Å². The van der Waals surface area contributed by atoms with E-state index in [1.54, 1.807) is 0 Å². The quantitative estimate of drug-likeness (QED) is 0.368. The van der Waals surface area contributed by atoms with Gasteiger partial charge in [-0.1, -0.05) is 27.2 Å². The Balaban J connectivity index is 2.15. The van der Waals surface area contributed by atoms with Crippen molar-refractivity contribution in [3.05, 3.63) is 0 Å². The van der Waals surface area contributed by atoms with Gasteiger partial charge in [0.2, 0.25) is 0 Å². The third-order valence-electron chi connectivity index (χ3n) is 3.42. The maximum absolute atomic E-state index is 5.57. The van der Waals surface area contributed by atoms with Crippen LogP contribution in [0, 0.1) is 11.8 Å². The second-order valence-corrected chi connectivity index (χ2v) is 6.12. The van der Waals surface area contributed by atoms with Crippen LogP contribution >= 0.6 is 0 Å². The fourth-order valence-electron chi connectivity index (χ4n) is 2.29. The van der Waals surface area contributed by atoms with E-state index in [0.717, 1.165) is 44.6 Å². The van der Waals surface area contributed by atoms with E-state index in [9.17, 15) is 0 Å². The number of ether oxygens (including phenoxy) is 1. The molecule has 0 aromatic heterocycles. The number of rotatable bonds is 10. The maximum Gasteiger partial charge on any atom is 0.191 e. The fourth-order valence-corrected chi connectivity index (χ4v) is 2.29. The smallest absolute Gasteiger partial charge is 0.191 e. The monoisotopic (exact) mass is 283 g/mol. The van der Waals surface area contributed by atoms with Gasteiger partial charge in [-0.2, -0.15) is 0 Å². The molecule has 1 saturated carbocycles. The highest BCUT2D eigenvalue weighted by molar-refractivity contribution is 5.80. The Labute approximate surface area is 124 Å². The number of nitrogens with one attached hydrogen (secondary N) is 2. The molecule has 118 valence electrons. The summed E-state index contributed by atoms with van der Waals surface area (Å²) in [7, 11) is 0. The molecule has 0 saturated heterocycles. The topological polar surface area (TPSA) is 45.7 Å². The van der Waals surface area contributed by atoms with E-state index in [2.05, 4.69) is 43.3 Å². The van der Waals surface area contributed by atoms with E-state index < -0.39 is 0 Å². The van der Waals surface area contributed by atoms with Crippen LogP contribution in [0.5, 0.6) is 0 Å². The van der Waals surface area contributed by atoms with Crippen molar-refractivity contribution < 1.29 is 4.74 Å². The summed E-state index contributed by atoms with van der Waals surface area (Å²) in [5.74, 6) is 2.45. The van der Waals surface area contributed by atoms with Crippen molar-refractivity contribution in [1.29, 1.82) is 0 Å². The van der Waals surface area contributed by atoms with Gasteiger partial charge in [0.15, 0.2) is 5.96 Å². The Bertz CT molecular complexity index is 279. The fraction of sp³-hybridized carbons (Fsp3) is 0.938. The zero-order valence-electron chi connectivity index (χ0n) is 13.7. The zero-order valence-corrected chi connectivity index (χ0v) is 13.7. The number of guanidine groups is 1. The molecule has 2 atom stereocenters. The van der Waals surface area contributed by atoms with Gasteiger partial charge in [-0.3, -0.25) is 4.99 Å². The van der Waals surface area contributed by atoms with Gasteiger partial charge in [-0.25, -0.2) is 0 Å². The molecule has 0 aliphatic heterocycles. The molecule has 1 rings (SSSR count). The first-order valence-electron chi connectivity index (χ1n) is 8.29. The van der Waals surface area contributed by atoms with E-state index in [1.807, 2.05) is 0 Å². The molecule has 0 spiro atoms. The molecule has 0 aromatic rings. The van der Waals surface area contributed by atoms with E-state index in [1.165, 1.54) is 19.3 Å². The number of hydrogen-bond acceptors (Lipinski definition) is 2. The van der Waals surface area contributed by atoms with Gasteiger partial charge in [0.1, 0.15) is 0 Å². The van der Waals surface area contributed by atoms with Crippen molar-refractivity contribution >= 4 is 5.96 Å². The summed E-state index contributed by atoms with van der Waals surface area (Å²) in [6, 6.07) is 0.643. The minimum absolute atomic E-state index is 0.614. The van der Waals surface area contributed by atoms with Gasteiger partial charge in [-0.15, -0.1) is 0 Å². The third-order valence-corrected chi connectivity index (χ3v) is 3.42. The molecule has 2 N–H and O–H groups in total. The number of nitrogens with zero attached hydrogens (tertiary/aromatic N) is 1. The van der Waals surface area contributed by atoms with Gasteiger partial charge in [-0.05, 0) is 38.0 Å². The van der Waals surface area contributed by atoms with Crippen molar-refractivity contribution in [2.24, 2.45) is 16.8 Å². The van der Waals surface area contributed by atoms with Gasteiger partial charge in [0, 0.05) is 32.3 Å². The summed E-state index contributed by atoms with van der Waals surface area (Å²) in [5.41, 5.74) is 0. The molecule has 0 bridgehead atoms. The maximum atomic E-state index is 5.57. The van der Waals surface area contributed by atoms with E-state index >= 15 is 0 Å². The van der Waals surface area contributed by atoms with Crippen LogP contribution in [0.25, 0.3) is 0 Å². The van der Waals surface area contributed by atoms with Gasteiger partial charge in [0.05, 0.1) is 0 Å². The average Bonchev–Trinajstić information content (AvgIpc) is 3.12. The lowest BCUT2D eigenvalue weighted by Gasteiger charge is -2.11. The van der Waals surface area contributed by atoms with Crippen LogP contribution in [0.1, 0.15) is 53.4 Å². The minimum Gasteiger partial charge on any atom is -0.381 e. The van der Waals surface area contributed by atoms with Crippen LogP contribution < -0.4 is 10.6 Å². The highest BCUT2D eigenvalue weighted by Gasteiger charge is 2.36. The molecule has 1 aliphatic carbocycles. The van der Waals surface area contributed by atoms with E-state index in [0.29, 0.717) is 12.0 Å². The second kappa shape index (κ2) is 10.0. The van der Waals surface area contributed by atoms with E-state index in [-0.39, 0.29) is 0 Å². The largest absolute Gasteiger partial charge is 0.381 e. The van der Waals surface area contributed by atoms with Crippen LogP contribution in [0.3, 0.4) is 0 Å². The lowest BCUT2D eigenvalue weighted by molar-refractivity contribution is 0.109. The molecular weight excluding hydrogens is 250 g/mol. The van der Waals surface area contributed by atoms with Crippen molar-refractivity contribution in [3.8, 4) is 0 Å². The molecule has 0 aromatic carbocycles. The molecular formula is C16H33N3O. The Morgan fingerprint density at radius 1 is 1.35 bits per heavy atom. The Morgan fingerprint density at radius 2 is 2.15 bits per heavy atom. The molecule has 1 aliphatic rings. The zero-order chi connectivity index (χ0) is 14.8. The van der Waals surface area contributed by atoms with Crippen LogP contribution in [0.4, 0.5) is 0 Å². The van der Waals surface area contributed by atoms with E-state index in [4.69, 9.17) is 4.74 Å². The normalized spacial score (nSPS) is 22.1. The molecule has 0 radical (unpaired) electrons. The number of hydrogen-bond donors (Lipinski definition) is 2. The summed E-state index contributed by atoms with van der Waals surface area (Å²) in [6.07, 6.45) is 4.91. The summed E-state index contributed by atoms with van der Waals surface area (Å²) in [4.78, 5) is 4.62. The molecule has 1 fully saturated rings. The van der Waals surface area contributed by atoms with Crippen LogP contribution in [-0.2, 0) is 4.74 Å². The predicted octanol–water partition coefficient (Wildman–Crippen LogP) is 2.79. The van der Waals surface area contributed by atoms with Crippen molar-refractivity contribution in [1.82, 2.24) is 10.6 Å². The highest BCUT2D eigenvalue weighted by atomic mass is 16.5. The van der Waals surface area contributed by atoms with Gasteiger partial charge in [0.25, 0.3) is 0 Å². The van der Waals surface area contributed by atoms with Gasteiger partial charge >= 0.3 is 0 Å². The predicted molar refractivity (Wildman–Crippen MR) is 86.2 cm³/mol. The Kier molecular flexibility index (Phi) is 8.67. The summed E-state index contributed by atoms with van der Waals surface area (Å²) in [6.45, 7) is 12.1. The molecule has 0 heterocycles. The highest BCUT2D eigenvalue weighted by Crippen LogP contribution is 2.34. The molecule has 20 heavy (non-hydrogen) atoms. The Hall–Kier alpha value is -0.770. The molecule has 0 amide bonds. The van der Waals surface area contributed by atoms with Crippen molar-refractivity contribution in [3.63, 3.8) is 0 Å². The first-order valence-corrected chi connectivity index (χ1v) is 8.29. The lowest BCUT2D eigenvalue weighted by Crippen LogP contribution is -2.39. The van der Waals surface area contributed by atoms with Crippen molar-refractivity contribution in [2.45, 2.75) is 59.4 Å². The third kappa shape index (κ3) is 7.73. The molecule has 4 heteroatoms. The average molecular weight is 283 g/mol. The second-order valence-electron chi connectivity index (χ2n) is 6.12.